The number of aromatic nitrogens is 2. The molecule has 0 radical (unpaired) electrons. The summed E-state index contributed by atoms with van der Waals surface area (Å²) < 4.78 is 11.7. The Balaban J connectivity index is 2.30. The lowest BCUT2D eigenvalue weighted by Gasteiger charge is -2.12. The fourth-order valence-electron chi connectivity index (χ4n) is 1.75. The smallest absolute Gasteiger partial charge is 0.240 e. The SMILES string of the molecule is COCCNCc1cn(CC(=O)NC(C)COC)cn1. The van der Waals surface area contributed by atoms with Crippen molar-refractivity contribution < 1.29 is 14.3 Å². The topological polar surface area (TPSA) is 77.4 Å². The van der Waals surface area contributed by atoms with E-state index in [0.29, 0.717) is 19.8 Å². The molecule has 0 bridgehead atoms. The Hall–Kier alpha value is -1.44. The number of carbonyl (C=O) groups excluding carboxylic acids is 1. The van der Waals surface area contributed by atoms with E-state index in [4.69, 9.17) is 9.47 Å². The highest BCUT2D eigenvalue weighted by atomic mass is 16.5. The predicted octanol–water partition coefficient (Wildman–Crippen LogP) is -0.230. The number of ether oxygens (including phenoxy) is 2. The molecule has 1 aromatic heterocycles. The summed E-state index contributed by atoms with van der Waals surface area (Å²) in [5.74, 6) is -0.0501. The van der Waals surface area contributed by atoms with E-state index in [2.05, 4.69) is 15.6 Å². The van der Waals surface area contributed by atoms with Crippen molar-refractivity contribution in [2.45, 2.75) is 26.1 Å². The van der Waals surface area contributed by atoms with Gasteiger partial charge in [-0.15, -0.1) is 0 Å². The quantitative estimate of drug-likeness (QED) is 0.580. The second-order valence-electron chi connectivity index (χ2n) is 4.63. The minimum atomic E-state index is -0.0501. The fraction of sp³-hybridized carbons (Fsp3) is 0.692. The van der Waals surface area contributed by atoms with Crippen LogP contribution in [0, 0.1) is 0 Å². The molecular weight excluding hydrogens is 260 g/mol. The van der Waals surface area contributed by atoms with Crippen molar-refractivity contribution in [3.63, 3.8) is 0 Å². The summed E-state index contributed by atoms with van der Waals surface area (Å²) in [6, 6.07) is 0.00574. The van der Waals surface area contributed by atoms with Crippen molar-refractivity contribution in [1.82, 2.24) is 20.2 Å². The number of nitrogens with zero attached hydrogens (tertiary/aromatic N) is 2. The van der Waals surface area contributed by atoms with Gasteiger partial charge in [0.1, 0.15) is 6.54 Å². The predicted molar refractivity (Wildman–Crippen MR) is 75.3 cm³/mol. The second-order valence-corrected chi connectivity index (χ2v) is 4.63. The third-order valence-corrected chi connectivity index (χ3v) is 2.63. The number of carbonyl (C=O) groups is 1. The van der Waals surface area contributed by atoms with Crippen LogP contribution in [-0.2, 0) is 27.4 Å². The van der Waals surface area contributed by atoms with Crippen LogP contribution in [0.5, 0.6) is 0 Å². The van der Waals surface area contributed by atoms with Crippen LogP contribution in [0.2, 0.25) is 0 Å². The van der Waals surface area contributed by atoms with Gasteiger partial charge in [-0.2, -0.15) is 0 Å². The standard InChI is InChI=1S/C13H24N4O3/c1-11(9-20-3)16-13(18)8-17-7-12(15-10-17)6-14-4-5-19-2/h7,10-11,14H,4-6,8-9H2,1-3H3,(H,16,18). The molecule has 0 aromatic carbocycles. The van der Waals surface area contributed by atoms with Gasteiger partial charge in [0.15, 0.2) is 0 Å². The van der Waals surface area contributed by atoms with E-state index < -0.39 is 0 Å². The lowest BCUT2D eigenvalue weighted by atomic mass is 10.3. The van der Waals surface area contributed by atoms with Gasteiger partial charge in [0, 0.05) is 39.5 Å². The summed E-state index contributed by atoms with van der Waals surface area (Å²) in [7, 11) is 3.28. The summed E-state index contributed by atoms with van der Waals surface area (Å²) >= 11 is 0. The molecule has 0 saturated heterocycles. The van der Waals surface area contributed by atoms with Gasteiger partial charge in [-0.05, 0) is 6.92 Å². The zero-order chi connectivity index (χ0) is 14.8. The van der Waals surface area contributed by atoms with Crippen LogP contribution in [0.15, 0.2) is 12.5 Å². The van der Waals surface area contributed by atoms with E-state index in [-0.39, 0.29) is 18.5 Å². The monoisotopic (exact) mass is 284 g/mol. The van der Waals surface area contributed by atoms with Crippen molar-refractivity contribution in [2.75, 3.05) is 34.0 Å². The van der Waals surface area contributed by atoms with E-state index in [9.17, 15) is 4.79 Å². The lowest BCUT2D eigenvalue weighted by Crippen LogP contribution is -2.37. The van der Waals surface area contributed by atoms with Crippen LogP contribution in [0.3, 0.4) is 0 Å². The van der Waals surface area contributed by atoms with Crippen LogP contribution in [0.4, 0.5) is 0 Å². The maximum absolute atomic E-state index is 11.8. The molecule has 114 valence electrons. The van der Waals surface area contributed by atoms with Gasteiger partial charge in [-0.1, -0.05) is 0 Å². The van der Waals surface area contributed by atoms with E-state index >= 15 is 0 Å². The number of hydrogen-bond donors (Lipinski definition) is 2. The largest absolute Gasteiger partial charge is 0.383 e. The normalized spacial score (nSPS) is 12.3. The van der Waals surface area contributed by atoms with Crippen molar-refractivity contribution in [3.05, 3.63) is 18.2 Å². The first-order chi connectivity index (χ1) is 9.65. The van der Waals surface area contributed by atoms with Gasteiger partial charge in [0.05, 0.1) is 25.2 Å². The molecule has 2 N–H and O–H groups in total. The van der Waals surface area contributed by atoms with Gasteiger partial charge in [0.25, 0.3) is 0 Å². The van der Waals surface area contributed by atoms with Crippen molar-refractivity contribution in [3.8, 4) is 0 Å². The Kier molecular flexibility index (Phi) is 7.86. The summed E-state index contributed by atoms with van der Waals surface area (Å²) in [6.07, 6.45) is 3.52. The molecule has 1 heterocycles. The Morgan fingerprint density at radius 1 is 1.45 bits per heavy atom. The van der Waals surface area contributed by atoms with E-state index in [1.54, 1.807) is 25.1 Å². The molecule has 7 nitrogen and oxygen atoms in total. The third kappa shape index (κ3) is 6.65. The second kappa shape index (κ2) is 9.46. The molecule has 1 amide bonds. The highest BCUT2D eigenvalue weighted by Crippen LogP contribution is 1.96. The Morgan fingerprint density at radius 2 is 2.25 bits per heavy atom. The maximum atomic E-state index is 11.8. The third-order valence-electron chi connectivity index (χ3n) is 2.63. The summed E-state index contributed by atoms with van der Waals surface area (Å²) in [5.41, 5.74) is 0.902. The average Bonchev–Trinajstić information content (AvgIpc) is 2.82. The van der Waals surface area contributed by atoms with Gasteiger partial charge in [-0.3, -0.25) is 4.79 Å². The number of rotatable bonds is 10. The molecule has 20 heavy (non-hydrogen) atoms. The Labute approximate surface area is 119 Å². The fourth-order valence-corrected chi connectivity index (χ4v) is 1.75. The van der Waals surface area contributed by atoms with Crippen LogP contribution in [0.1, 0.15) is 12.6 Å². The number of methoxy groups -OCH3 is 2. The molecule has 0 spiro atoms. The molecule has 0 aliphatic rings. The minimum Gasteiger partial charge on any atom is -0.383 e. The van der Waals surface area contributed by atoms with Gasteiger partial charge < -0.3 is 24.7 Å². The number of hydrogen-bond acceptors (Lipinski definition) is 5. The van der Waals surface area contributed by atoms with Crippen LogP contribution >= 0.6 is 0 Å². The highest BCUT2D eigenvalue weighted by molar-refractivity contribution is 5.76. The van der Waals surface area contributed by atoms with E-state index in [0.717, 1.165) is 12.2 Å². The average molecular weight is 284 g/mol. The number of imidazole rings is 1. The van der Waals surface area contributed by atoms with E-state index in [1.165, 1.54) is 0 Å². The molecule has 0 fully saturated rings. The molecule has 0 aliphatic heterocycles. The minimum absolute atomic E-state index is 0.00574. The molecule has 7 heteroatoms. The van der Waals surface area contributed by atoms with Gasteiger partial charge in [0.2, 0.25) is 5.91 Å². The Bertz CT molecular complexity index is 395. The molecule has 1 aromatic rings. The van der Waals surface area contributed by atoms with Gasteiger partial charge in [-0.25, -0.2) is 4.98 Å². The maximum Gasteiger partial charge on any atom is 0.240 e. The molecule has 0 aliphatic carbocycles. The molecule has 1 atom stereocenters. The highest BCUT2D eigenvalue weighted by Gasteiger charge is 2.08. The molecular formula is C13H24N4O3. The van der Waals surface area contributed by atoms with Crippen molar-refractivity contribution in [2.24, 2.45) is 0 Å². The summed E-state index contributed by atoms with van der Waals surface area (Å²) in [5, 5.41) is 6.05. The summed E-state index contributed by atoms with van der Waals surface area (Å²) in [4.78, 5) is 16.0. The lowest BCUT2D eigenvalue weighted by molar-refractivity contribution is -0.122. The van der Waals surface area contributed by atoms with E-state index in [1.807, 2.05) is 13.1 Å². The molecule has 0 saturated carbocycles. The van der Waals surface area contributed by atoms with Crippen molar-refractivity contribution >= 4 is 5.91 Å². The first-order valence-electron chi connectivity index (χ1n) is 6.64. The summed E-state index contributed by atoms with van der Waals surface area (Å²) in [6.45, 7) is 4.78. The van der Waals surface area contributed by atoms with Gasteiger partial charge >= 0.3 is 0 Å². The number of amides is 1. The zero-order valence-corrected chi connectivity index (χ0v) is 12.4. The molecule has 1 unspecified atom stereocenters. The molecule has 1 rings (SSSR count). The van der Waals surface area contributed by atoms with Crippen LogP contribution < -0.4 is 10.6 Å². The first-order valence-corrected chi connectivity index (χ1v) is 6.64. The number of nitrogens with one attached hydrogen (secondary N) is 2. The van der Waals surface area contributed by atoms with Crippen LogP contribution in [0.25, 0.3) is 0 Å². The Morgan fingerprint density at radius 3 is 2.95 bits per heavy atom. The zero-order valence-electron chi connectivity index (χ0n) is 12.4. The van der Waals surface area contributed by atoms with Crippen molar-refractivity contribution in [1.29, 1.82) is 0 Å². The first kappa shape index (κ1) is 16.6. The van der Waals surface area contributed by atoms with Crippen LogP contribution in [-0.4, -0.2) is 55.5 Å².